The highest BCUT2D eigenvalue weighted by Crippen LogP contribution is 2.37. The zero-order valence-electron chi connectivity index (χ0n) is 16.6. The van der Waals surface area contributed by atoms with Gasteiger partial charge in [-0.2, -0.15) is 0 Å². The molecule has 31 heavy (non-hydrogen) atoms. The zero-order chi connectivity index (χ0) is 22.5. The molecule has 3 heterocycles. The minimum atomic E-state index is -1.20. The molecule has 7 nitrogen and oxygen atoms in total. The number of carbonyl (C=O) groups is 2. The van der Waals surface area contributed by atoms with E-state index in [1.807, 2.05) is 0 Å². The molecule has 0 radical (unpaired) electrons. The van der Waals surface area contributed by atoms with Crippen molar-refractivity contribution in [2.24, 2.45) is 0 Å². The van der Waals surface area contributed by atoms with E-state index in [2.05, 4.69) is 5.32 Å². The lowest BCUT2D eigenvalue weighted by Gasteiger charge is -2.42. The molecular weight excluding hydrogens is 415 g/mol. The quantitative estimate of drug-likeness (QED) is 0.772. The predicted molar refractivity (Wildman–Crippen MR) is 104 cm³/mol. The number of carbonyl (C=O) groups excluding carboxylic acids is 2. The molecule has 0 saturated carbocycles. The number of benzene rings is 1. The number of rotatable bonds is 3. The minimum Gasteiger partial charge on any atom is -0.503 e. The van der Waals surface area contributed by atoms with Gasteiger partial charge in [-0.1, -0.05) is 6.07 Å². The smallest absolute Gasteiger partial charge is 0.274 e. The highest BCUT2D eigenvalue weighted by atomic mass is 19.1. The van der Waals surface area contributed by atoms with Crippen molar-refractivity contribution in [3.8, 4) is 5.75 Å². The first-order chi connectivity index (χ1) is 14.6. The van der Waals surface area contributed by atoms with Crippen molar-refractivity contribution in [1.29, 1.82) is 0 Å². The lowest BCUT2D eigenvalue weighted by Crippen LogP contribution is -2.52. The van der Waals surface area contributed by atoms with Gasteiger partial charge in [0.15, 0.2) is 11.4 Å². The molecule has 2 aliphatic rings. The fraction of sp³-hybridized carbons (Fsp3) is 0.381. The van der Waals surface area contributed by atoms with Gasteiger partial charge in [-0.05, 0) is 19.4 Å². The Morgan fingerprint density at radius 2 is 2.06 bits per heavy atom. The molecule has 1 unspecified atom stereocenters. The fourth-order valence-corrected chi connectivity index (χ4v) is 4.26. The van der Waals surface area contributed by atoms with Gasteiger partial charge in [0.2, 0.25) is 5.43 Å². The van der Waals surface area contributed by atoms with E-state index >= 15 is 0 Å². The summed E-state index contributed by atoms with van der Waals surface area (Å²) in [5.74, 6) is -4.05. The summed E-state index contributed by atoms with van der Waals surface area (Å²) in [6.45, 7) is 1.69. The molecule has 1 fully saturated rings. The summed E-state index contributed by atoms with van der Waals surface area (Å²) in [6, 6.07) is 2.85. The van der Waals surface area contributed by atoms with Crippen LogP contribution in [0.15, 0.2) is 29.2 Å². The van der Waals surface area contributed by atoms with E-state index in [9.17, 15) is 32.7 Å². The molecule has 2 atom stereocenters. The van der Waals surface area contributed by atoms with Crippen molar-refractivity contribution in [2.75, 3.05) is 13.1 Å². The lowest BCUT2D eigenvalue weighted by molar-refractivity contribution is 0.0586. The van der Waals surface area contributed by atoms with Gasteiger partial charge in [0.25, 0.3) is 11.8 Å². The van der Waals surface area contributed by atoms with Gasteiger partial charge in [-0.3, -0.25) is 14.4 Å². The van der Waals surface area contributed by atoms with E-state index in [-0.39, 0.29) is 43.7 Å². The van der Waals surface area contributed by atoms with Crippen molar-refractivity contribution in [2.45, 2.75) is 38.0 Å². The number of hydrogen-bond acceptors (Lipinski definition) is 4. The number of fused-ring (bicyclic) bond motifs is 4. The maximum Gasteiger partial charge on any atom is 0.274 e. The highest BCUT2D eigenvalue weighted by molar-refractivity contribution is 5.99. The number of aromatic hydroxyl groups is 1. The summed E-state index contributed by atoms with van der Waals surface area (Å²) in [5.41, 5.74) is -2.78. The predicted octanol–water partition coefficient (Wildman–Crippen LogP) is 2.06. The van der Waals surface area contributed by atoms with Gasteiger partial charge in [0.1, 0.15) is 23.4 Å². The zero-order valence-corrected chi connectivity index (χ0v) is 16.6. The fourth-order valence-electron chi connectivity index (χ4n) is 4.26. The second kappa shape index (κ2) is 7.44. The number of aromatic nitrogens is 1. The molecule has 10 heteroatoms. The minimum absolute atomic E-state index is 0.00106. The monoisotopic (exact) mass is 435 g/mol. The highest BCUT2D eigenvalue weighted by Gasteiger charge is 2.45. The van der Waals surface area contributed by atoms with Gasteiger partial charge in [-0.15, -0.1) is 0 Å². The van der Waals surface area contributed by atoms with Crippen LogP contribution in [0.25, 0.3) is 0 Å². The van der Waals surface area contributed by atoms with Crippen LogP contribution in [0.5, 0.6) is 5.75 Å². The van der Waals surface area contributed by atoms with Crippen LogP contribution >= 0.6 is 0 Å². The number of amides is 2. The van der Waals surface area contributed by atoms with E-state index in [0.717, 1.165) is 18.3 Å². The van der Waals surface area contributed by atoms with Crippen molar-refractivity contribution in [1.82, 2.24) is 14.8 Å². The summed E-state index contributed by atoms with van der Waals surface area (Å²) in [7, 11) is 0. The summed E-state index contributed by atoms with van der Waals surface area (Å²) in [5, 5.41) is 12.8. The standard InChI is InChI=1S/C21H20F3N3O4/c1-21-7-13(23)4-5-26(10-21)20(31)16-18(29)17(28)14(9-27(16)21)19(30)25-8-11-2-3-12(22)6-15(11)24/h2-3,6,9,13,29H,4-5,7-8,10H2,1H3,(H,25,30)/t13?,21-/m0/s1. The number of halogens is 3. The average molecular weight is 435 g/mol. The van der Waals surface area contributed by atoms with Crippen LogP contribution in [0.2, 0.25) is 0 Å². The molecule has 2 aromatic rings. The summed E-state index contributed by atoms with van der Waals surface area (Å²) in [4.78, 5) is 39.4. The maximum absolute atomic E-state index is 14.3. The molecular formula is C21H20F3N3O4. The van der Waals surface area contributed by atoms with Crippen LogP contribution in [-0.4, -0.2) is 45.6 Å². The Hall–Kier alpha value is -3.30. The van der Waals surface area contributed by atoms with E-state index in [1.54, 1.807) is 6.92 Å². The van der Waals surface area contributed by atoms with Crippen LogP contribution in [0, 0.1) is 11.6 Å². The van der Waals surface area contributed by atoms with Crippen LogP contribution in [0.4, 0.5) is 13.2 Å². The molecule has 4 rings (SSSR count). The van der Waals surface area contributed by atoms with E-state index in [0.29, 0.717) is 6.07 Å². The normalized spacial score (nSPS) is 22.6. The molecule has 2 N–H and O–H groups in total. The topological polar surface area (TPSA) is 91.6 Å². The average Bonchev–Trinajstić information content (AvgIpc) is 2.84. The third kappa shape index (κ3) is 3.55. The lowest BCUT2D eigenvalue weighted by atomic mass is 9.91. The van der Waals surface area contributed by atoms with Crippen molar-refractivity contribution >= 4 is 11.8 Å². The van der Waals surface area contributed by atoms with Gasteiger partial charge in [0.05, 0.1) is 5.54 Å². The Kier molecular flexibility index (Phi) is 5.03. The Bertz CT molecular complexity index is 1150. The van der Waals surface area contributed by atoms with Crippen molar-refractivity contribution < 1.29 is 27.9 Å². The van der Waals surface area contributed by atoms with Crippen LogP contribution in [0.3, 0.4) is 0 Å². The molecule has 1 aromatic heterocycles. The second-order valence-electron chi connectivity index (χ2n) is 8.17. The van der Waals surface area contributed by atoms with Gasteiger partial charge in [-0.25, -0.2) is 13.2 Å². The number of alkyl halides is 1. The molecule has 2 aliphatic heterocycles. The number of nitrogens with one attached hydrogen (secondary N) is 1. The Morgan fingerprint density at radius 3 is 2.77 bits per heavy atom. The van der Waals surface area contributed by atoms with Crippen LogP contribution in [0.1, 0.15) is 46.2 Å². The van der Waals surface area contributed by atoms with E-state index < -0.39 is 51.9 Å². The molecule has 0 aliphatic carbocycles. The second-order valence-corrected chi connectivity index (χ2v) is 8.17. The van der Waals surface area contributed by atoms with E-state index in [4.69, 9.17) is 0 Å². The van der Waals surface area contributed by atoms with Crippen molar-refractivity contribution in [3.05, 3.63) is 63.1 Å². The van der Waals surface area contributed by atoms with Crippen LogP contribution < -0.4 is 10.7 Å². The summed E-state index contributed by atoms with van der Waals surface area (Å²) in [6.07, 6.45) is 0.112. The molecule has 2 amide bonds. The first kappa shape index (κ1) is 21.0. The molecule has 2 bridgehead atoms. The third-order valence-corrected chi connectivity index (χ3v) is 5.86. The van der Waals surface area contributed by atoms with Gasteiger partial charge >= 0.3 is 0 Å². The van der Waals surface area contributed by atoms with Crippen LogP contribution in [-0.2, 0) is 12.1 Å². The molecule has 164 valence electrons. The van der Waals surface area contributed by atoms with Crippen molar-refractivity contribution in [3.63, 3.8) is 0 Å². The third-order valence-electron chi connectivity index (χ3n) is 5.86. The number of pyridine rings is 1. The molecule has 0 spiro atoms. The Balaban J connectivity index is 1.71. The number of nitrogens with zero attached hydrogens (tertiary/aromatic N) is 2. The SMILES string of the molecule is C[C@]12CC(F)CCN(C1)C(=O)c1c(O)c(=O)c(C(=O)NCc3ccc(F)cc3F)cn12. The maximum atomic E-state index is 14.3. The first-order valence-corrected chi connectivity index (χ1v) is 9.75. The van der Waals surface area contributed by atoms with E-state index in [1.165, 1.54) is 9.47 Å². The Morgan fingerprint density at radius 1 is 1.32 bits per heavy atom. The summed E-state index contributed by atoms with van der Waals surface area (Å²) < 4.78 is 42.5. The summed E-state index contributed by atoms with van der Waals surface area (Å²) >= 11 is 0. The molecule has 1 aromatic carbocycles. The Labute approximate surface area is 175 Å². The number of hydrogen-bond donors (Lipinski definition) is 2. The molecule has 1 saturated heterocycles. The van der Waals surface area contributed by atoms with Gasteiger partial charge in [0, 0.05) is 43.9 Å². The van der Waals surface area contributed by atoms with Gasteiger partial charge < -0.3 is 19.9 Å². The largest absolute Gasteiger partial charge is 0.503 e. The first-order valence-electron chi connectivity index (χ1n) is 9.75.